The third kappa shape index (κ3) is 14800. The van der Waals surface area contributed by atoms with Gasteiger partial charge in [-0.05, 0) is 0 Å². The molecule has 0 aromatic carbocycles. The van der Waals surface area contributed by atoms with E-state index >= 15 is 0 Å². The van der Waals surface area contributed by atoms with Gasteiger partial charge in [0.2, 0.25) is 0 Å². The summed E-state index contributed by atoms with van der Waals surface area (Å²) in [4.78, 5) is 0. The molecular weight excluding hydrogens is 192 g/mol. The molecule has 0 aliphatic carbocycles. The topological polar surface area (TPSA) is 34.1 Å². The Morgan fingerprint density at radius 3 is 1.25 bits per heavy atom. The van der Waals surface area contributed by atoms with Crippen molar-refractivity contribution < 1.29 is 35.5 Å². The molecule has 0 atom stereocenters. The summed E-state index contributed by atoms with van der Waals surface area (Å²) in [5.41, 5.74) is 0. The van der Waals surface area contributed by atoms with E-state index in [1.54, 1.807) is 0 Å². The summed E-state index contributed by atoms with van der Waals surface area (Å²) in [5, 5.41) is 0. The summed E-state index contributed by atoms with van der Waals surface area (Å²) < 4.78 is 46.7. The number of halogens is 3. The third-order valence-corrected chi connectivity index (χ3v) is 0. The van der Waals surface area contributed by atoms with Crippen molar-refractivity contribution in [2.45, 2.75) is 6.68 Å². The fourth-order valence-corrected chi connectivity index (χ4v) is 0. The first kappa shape index (κ1) is 11.0. The second-order valence-electron chi connectivity index (χ2n) is 0.421. The molecule has 54 valence electrons. The summed E-state index contributed by atoms with van der Waals surface area (Å²) >= 11 is 3.29. The van der Waals surface area contributed by atoms with E-state index in [2.05, 4.69) is 13.9 Å². The average molecular weight is 193 g/mol. The predicted molar refractivity (Wildman–Crippen MR) is 16.0 cm³/mol. The zero-order valence-corrected chi connectivity index (χ0v) is 5.06. The van der Waals surface area contributed by atoms with Crippen molar-refractivity contribution in [1.29, 1.82) is 0 Å². The van der Waals surface area contributed by atoms with Crippen molar-refractivity contribution in [3.8, 4) is 0 Å². The molecule has 0 N–H and O–H groups in total. The predicted octanol–water partition coefficient (Wildman–Crippen LogP) is 0.506. The molecule has 7 heteroatoms. The third-order valence-electron chi connectivity index (χ3n) is 0. The van der Waals surface area contributed by atoms with Crippen LogP contribution in [-0.4, -0.2) is 15.1 Å². The van der Waals surface area contributed by atoms with Crippen LogP contribution in [0.15, 0.2) is 0 Å². The molecule has 0 saturated heterocycles. The van der Waals surface area contributed by atoms with Crippen molar-refractivity contribution in [2.75, 3.05) is 0 Å². The van der Waals surface area contributed by atoms with Crippen molar-refractivity contribution >= 4 is 8.73 Å². The first-order valence-corrected chi connectivity index (χ1v) is 3.25. The van der Waals surface area contributed by atoms with Crippen LogP contribution in [-0.2, 0) is 22.6 Å². The van der Waals surface area contributed by atoms with Crippen molar-refractivity contribution in [3.63, 3.8) is 0 Å². The van der Waals surface area contributed by atoms with Gasteiger partial charge in [0, 0.05) is 0 Å². The van der Waals surface area contributed by atoms with E-state index in [9.17, 15) is 13.2 Å². The minimum atomic E-state index is -3.67. The van der Waals surface area contributed by atoms with Crippen LogP contribution in [0, 0.1) is 0 Å². The van der Waals surface area contributed by atoms with Crippen molar-refractivity contribution in [1.82, 2.24) is 0 Å². The second-order valence-corrected chi connectivity index (χ2v) is 1.76. The quantitative estimate of drug-likeness (QED) is 0.525. The van der Waals surface area contributed by atoms with Crippen LogP contribution < -0.4 is 0 Å². The van der Waals surface area contributed by atoms with Crippen LogP contribution in [0.2, 0.25) is 0 Å². The fraction of sp³-hybridized carbons (Fsp3) is 1.00. The fourth-order valence-electron chi connectivity index (χ4n) is 0. The van der Waals surface area contributed by atoms with Gasteiger partial charge in [-0.25, -0.2) is 0 Å². The van der Waals surface area contributed by atoms with Gasteiger partial charge in [-0.2, -0.15) is 13.2 Å². The van der Waals surface area contributed by atoms with Crippen LogP contribution in [0.5, 0.6) is 0 Å². The molecule has 0 bridgehead atoms. The molecule has 0 aliphatic heterocycles. The Labute approximate surface area is 51.5 Å². The van der Waals surface area contributed by atoms with E-state index in [0.29, 0.717) is 0 Å². The Morgan fingerprint density at radius 1 is 1.25 bits per heavy atom. The Morgan fingerprint density at radius 2 is 1.25 bits per heavy atom. The molecule has 0 fully saturated rings. The number of alkyl halides is 3. The van der Waals surface area contributed by atoms with Gasteiger partial charge in [0.1, 0.15) is 0 Å². The van der Waals surface area contributed by atoms with Gasteiger partial charge < -0.3 is 0 Å². The Kier molecular flexibility index (Phi) is 9.75. The molecular formula is CHF3NiO2S. The molecule has 0 unspecified atom stereocenters. The van der Waals surface area contributed by atoms with Gasteiger partial charge in [0.05, 0.1) is 0 Å². The van der Waals surface area contributed by atoms with Crippen LogP contribution in [0.4, 0.5) is 13.2 Å². The van der Waals surface area contributed by atoms with E-state index in [1.807, 2.05) is 0 Å². The maximum atomic E-state index is 9.67. The van der Waals surface area contributed by atoms with E-state index in [4.69, 9.17) is 8.42 Å². The minimum absolute atomic E-state index is 2.24. The molecule has 0 aromatic rings. The van der Waals surface area contributed by atoms with Crippen LogP contribution in [0.1, 0.15) is 0 Å². The summed E-state index contributed by atoms with van der Waals surface area (Å²) in [7, 11) is -2.24. The molecule has 0 heterocycles. The maximum absolute atomic E-state index is 9.67. The SMILES string of the molecule is FC(F)F.O=[S](=O)=[Ni]. The number of hydrogen-bond acceptors (Lipinski definition) is 2. The van der Waals surface area contributed by atoms with E-state index < -0.39 is 15.4 Å². The normalized spacial score (nSPS) is 7.75. The van der Waals surface area contributed by atoms with E-state index in [0.717, 1.165) is 0 Å². The molecule has 0 saturated carbocycles. The first-order valence-electron chi connectivity index (χ1n) is 1.12. The van der Waals surface area contributed by atoms with Gasteiger partial charge in [0.15, 0.2) is 0 Å². The second kappa shape index (κ2) is 7.10. The van der Waals surface area contributed by atoms with Gasteiger partial charge in [-0.3, -0.25) is 0 Å². The summed E-state index contributed by atoms with van der Waals surface area (Å²) in [6, 6.07) is 0. The van der Waals surface area contributed by atoms with Gasteiger partial charge in [-0.15, -0.1) is 0 Å². The monoisotopic (exact) mass is 192 g/mol. The van der Waals surface area contributed by atoms with E-state index in [1.165, 1.54) is 0 Å². The number of rotatable bonds is 0. The van der Waals surface area contributed by atoms with Crippen LogP contribution in [0.25, 0.3) is 0 Å². The van der Waals surface area contributed by atoms with Gasteiger partial charge in [0.25, 0.3) is 0 Å². The standard InChI is InChI=1S/CHF3.Ni.O2S/c2-1(3)4;;1-3-2/h1H;;. The molecule has 0 spiro atoms. The average Bonchev–Trinajstić information content (AvgIpc) is 1.25. The van der Waals surface area contributed by atoms with Crippen LogP contribution >= 0.6 is 0 Å². The Bertz CT molecular complexity index is 115. The van der Waals surface area contributed by atoms with Gasteiger partial charge >= 0.3 is 37.7 Å². The molecule has 0 aromatic heterocycles. The van der Waals surface area contributed by atoms with Gasteiger partial charge in [-0.1, -0.05) is 0 Å². The zero-order chi connectivity index (χ0) is 7.15. The molecule has 8 heavy (non-hydrogen) atoms. The Balaban J connectivity index is 0. The Hall–Kier alpha value is 0.104. The van der Waals surface area contributed by atoms with Crippen molar-refractivity contribution in [3.05, 3.63) is 0 Å². The summed E-state index contributed by atoms with van der Waals surface area (Å²) in [6.45, 7) is -3.67. The first-order chi connectivity index (χ1) is 3.46. The molecule has 0 radical (unpaired) electrons. The zero-order valence-electron chi connectivity index (χ0n) is 3.25. The van der Waals surface area contributed by atoms with Crippen molar-refractivity contribution in [2.24, 2.45) is 0 Å². The van der Waals surface area contributed by atoms with E-state index in [-0.39, 0.29) is 0 Å². The van der Waals surface area contributed by atoms with Crippen LogP contribution in [0.3, 0.4) is 0 Å². The molecule has 2 nitrogen and oxygen atoms in total. The molecule has 0 amide bonds. The molecule has 0 rings (SSSR count). The number of hydrogen-bond donors (Lipinski definition) is 0. The molecule has 0 aliphatic rings. The summed E-state index contributed by atoms with van der Waals surface area (Å²) in [6.07, 6.45) is 0. The summed E-state index contributed by atoms with van der Waals surface area (Å²) in [5.74, 6) is 0.